The van der Waals surface area contributed by atoms with E-state index in [1.165, 1.54) is 65.0 Å². The number of nitrogens with zero attached hydrogens (tertiary/aromatic N) is 3. The van der Waals surface area contributed by atoms with Crippen LogP contribution in [0.5, 0.6) is 0 Å². The number of piperidine rings is 4. The number of hydrogen-bond donors (Lipinski definition) is 2. The zero-order valence-electron chi connectivity index (χ0n) is 20.1. The van der Waals surface area contributed by atoms with Gasteiger partial charge in [-0.2, -0.15) is 0 Å². The number of halogens is 1. The standard InChI is InChI=1S/C24H44ClN5O2S/c25-21-4-6-23(7-5-21)33(31,32)27-16-22-15-19-8-10-30(22)18-20(19)17-28-11-13-29(14-12-28)24-3-1-2-9-26-24/h19-24,26-27H,1-18H2/t19-,20+,21?,22+,23?,24?/m0/s1. The first-order valence-corrected chi connectivity index (χ1v) is 15.5. The monoisotopic (exact) mass is 501 g/mol. The number of piperazine rings is 1. The summed E-state index contributed by atoms with van der Waals surface area (Å²) in [5, 5.41) is 3.61. The number of rotatable bonds is 7. The SMILES string of the molecule is O=S(=O)(NC[C@H]1C[C@@H]2CCN1C[C@H]2CN1CCN(C2CCCCN2)CC1)C1CCC(Cl)CC1. The van der Waals surface area contributed by atoms with Gasteiger partial charge in [0.1, 0.15) is 0 Å². The third-order valence-electron chi connectivity index (χ3n) is 9.20. The summed E-state index contributed by atoms with van der Waals surface area (Å²) in [5.74, 6) is 1.49. The minimum atomic E-state index is -3.23. The van der Waals surface area contributed by atoms with Crippen LogP contribution in [0, 0.1) is 11.8 Å². The Hall–Kier alpha value is 0.0400. The second-order valence-electron chi connectivity index (χ2n) is 11.3. The van der Waals surface area contributed by atoms with Gasteiger partial charge in [0.25, 0.3) is 0 Å². The lowest BCUT2D eigenvalue weighted by atomic mass is 9.75. The van der Waals surface area contributed by atoms with Crippen molar-refractivity contribution in [3.05, 3.63) is 0 Å². The van der Waals surface area contributed by atoms with E-state index in [9.17, 15) is 8.42 Å². The highest BCUT2D eigenvalue weighted by molar-refractivity contribution is 7.90. The largest absolute Gasteiger partial charge is 0.302 e. The quantitative estimate of drug-likeness (QED) is 0.519. The van der Waals surface area contributed by atoms with Crippen molar-refractivity contribution in [2.24, 2.45) is 11.8 Å². The van der Waals surface area contributed by atoms with Crippen molar-refractivity contribution < 1.29 is 8.42 Å². The van der Waals surface area contributed by atoms with E-state index in [2.05, 4.69) is 24.7 Å². The molecule has 2 bridgehead atoms. The van der Waals surface area contributed by atoms with Crippen molar-refractivity contribution >= 4 is 21.6 Å². The lowest BCUT2D eigenvalue weighted by molar-refractivity contribution is -0.0199. The van der Waals surface area contributed by atoms with Crippen LogP contribution in [0.3, 0.4) is 0 Å². The predicted molar refractivity (Wildman–Crippen MR) is 134 cm³/mol. The zero-order chi connectivity index (χ0) is 22.8. The summed E-state index contributed by atoms with van der Waals surface area (Å²) in [7, 11) is -3.23. The van der Waals surface area contributed by atoms with Gasteiger partial charge in [-0.15, -0.1) is 11.6 Å². The Morgan fingerprint density at radius 2 is 1.70 bits per heavy atom. The summed E-state index contributed by atoms with van der Waals surface area (Å²) in [4.78, 5) is 7.93. The molecule has 0 spiro atoms. The van der Waals surface area contributed by atoms with Crippen molar-refractivity contribution in [3.8, 4) is 0 Å². The van der Waals surface area contributed by atoms with Gasteiger partial charge >= 0.3 is 0 Å². The molecule has 7 nitrogen and oxygen atoms in total. The van der Waals surface area contributed by atoms with Crippen molar-refractivity contribution in [1.29, 1.82) is 0 Å². The van der Waals surface area contributed by atoms with E-state index in [0.29, 0.717) is 31.6 Å². The van der Waals surface area contributed by atoms with Crippen molar-refractivity contribution in [1.82, 2.24) is 24.7 Å². The van der Waals surface area contributed by atoms with Gasteiger partial charge < -0.3 is 10.2 Å². The minimum Gasteiger partial charge on any atom is -0.302 e. The van der Waals surface area contributed by atoms with Crippen LogP contribution in [0.2, 0.25) is 0 Å². The Labute approximate surface area is 206 Å². The molecule has 190 valence electrons. The summed E-state index contributed by atoms with van der Waals surface area (Å²) in [6.07, 6.45) is 10.1. The van der Waals surface area contributed by atoms with Gasteiger partial charge in [0.15, 0.2) is 0 Å². The molecule has 5 heterocycles. The summed E-state index contributed by atoms with van der Waals surface area (Å²) in [5.41, 5.74) is 0. The van der Waals surface area contributed by atoms with Crippen LogP contribution in [-0.2, 0) is 10.0 Å². The van der Waals surface area contributed by atoms with Gasteiger partial charge in [0.2, 0.25) is 10.0 Å². The van der Waals surface area contributed by atoms with Crippen molar-refractivity contribution in [2.75, 3.05) is 58.9 Å². The van der Waals surface area contributed by atoms with Gasteiger partial charge in [-0.1, -0.05) is 0 Å². The van der Waals surface area contributed by atoms with Gasteiger partial charge in [-0.05, 0) is 82.7 Å². The lowest BCUT2D eigenvalue weighted by Gasteiger charge is -2.51. The molecule has 0 amide bonds. The molecular weight excluding hydrogens is 458 g/mol. The molecule has 6 aliphatic rings. The van der Waals surface area contributed by atoms with E-state index in [0.717, 1.165) is 44.2 Å². The topological polar surface area (TPSA) is 67.9 Å². The Balaban J connectivity index is 1.06. The molecule has 5 saturated heterocycles. The average Bonchev–Trinajstić information content (AvgIpc) is 2.85. The molecule has 0 aromatic carbocycles. The number of nitrogens with one attached hydrogen (secondary N) is 2. The maximum Gasteiger partial charge on any atom is 0.214 e. The Kier molecular flexibility index (Phi) is 8.22. The Bertz CT molecular complexity index is 733. The van der Waals surface area contributed by atoms with Crippen LogP contribution in [-0.4, -0.2) is 105 Å². The van der Waals surface area contributed by atoms with Crippen molar-refractivity contribution in [2.45, 2.75) is 80.6 Å². The van der Waals surface area contributed by atoms with Gasteiger partial charge in [0.05, 0.1) is 11.4 Å². The van der Waals surface area contributed by atoms with E-state index in [1.807, 2.05) is 0 Å². The fourth-order valence-corrected chi connectivity index (χ4v) is 8.87. The molecule has 2 unspecified atom stereocenters. The fourth-order valence-electron chi connectivity index (χ4n) is 7.07. The third kappa shape index (κ3) is 6.07. The maximum absolute atomic E-state index is 12.8. The van der Waals surface area contributed by atoms with E-state index < -0.39 is 10.0 Å². The zero-order valence-corrected chi connectivity index (χ0v) is 21.7. The first-order valence-electron chi connectivity index (χ1n) is 13.5. The molecule has 0 aromatic rings. The van der Waals surface area contributed by atoms with E-state index >= 15 is 0 Å². The first-order chi connectivity index (χ1) is 16.0. The van der Waals surface area contributed by atoms with Gasteiger partial charge in [0, 0.05) is 57.2 Å². The molecule has 6 fully saturated rings. The van der Waals surface area contributed by atoms with Crippen LogP contribution in [0.4, 0.5) is 0 Å². The molecule has 6 rings (SSSR count). The second-order valence-corrected chi connectivity index (χ2v) is 13.9. The molecule has 0 aromatic heterocycles. The predicted octanol–water partition coefficient (Wildman–Crippen LogP) is 1.88. The molecule has 33 heavy (non-hydrogen) atoms. The highest BCUT2D eigenvalue weighted by Gasteiger charge is 2.41. The number of alkyl halides is 1. The molecule has 1 saturated carbocycles. The van der Waals surface area contributed by atoms with Crippen LogP contribution < -0.4 is 10.0 Å². The van der Waals surface area contributed by atoms with Gasteiger partial charge in [-0.3, -0.25) is 9.80 Å². The lowest BCUT2D eigenvalue weighted by Crippen LogP contribution is -2.60. The Morgan fingerprint density at radius 1 is 0.909 bits per heavy atom. The molecule has 0 radical (unpaired) electrons. The van der Waals surface area contributed by atoms with E-state index in [4.69, 9.17) is 11.6 Å². The third-order valence-corrected chi connectivity index (χ3v) is 11.6. The highest BCUT2D eigenvalue weighted by Crippen LogP contribution is 2.37. The highest BCUT2D eigenvalue weighted by atomic mass is 35.5. The molecular formula is C24H44ClN5O2S. The number of fused-ring (bicyclic) bond motifs is 3. The van der Waals surface area contributed by atoms with Crippen molar-refractivity contribution in [3.63, 3.8) is 0 Å². The summed E-state index contributed by atoms with van der Waals surface area (Å²) < 4.78 is 28.6. The summed E-state index contributed by atoms with van der Waals surface area (Å²) >= 11 is 6.17. The molecule has 9 heteroatoms. The smallest absolute Gasteiger partial charge is 0.214 e. The van der Waals surface area contributed by atoms with Crippen LogP contribution >= 0.6 is 11.6 Å². The fraction of sp³-hybridized carbons (Fsp3) is 1.00. The van der Waals surface area contributed by atoms with E-state index in [-0.39, 0.29) is 10.6 Å². The summed E-state index contributed by atoms with van der Waals surface area (Å²) in [6.45, 7) is 10.0. The average molecular weight is 502 g/mol. The number of hydrogen-bond acceptors (Lipinski definition) is 6. The number of sulfonamides is 1. The first kappa shape index (κ1) is 24.7. The maximum atomic E-state index is 12.8. The van der Waals surface area contributed by atoms with Crippen LogP contribution in [0.15, 0.2) is 0 Å². The minimum absolute atomic E-state index is 0.153. The molecule has 5 atom stereocenters. The van der Waals surface area contributed by atoms with Crippen LogP contribution in [0.1, 0.15) is 57.8 Å². The van der Waals surface area contributed by atoms with Gasteiger partial charge in [-0.25, -0.2) is 13.1 Å². The molecule has 2 N–H and O–H groups in total. The second kappa shape index (κ2) is 11.0. The Morgan fingerprint density at radius 3 is 2.36 bits per heavy atom. The molecule has 1 aliphatic carbocycles. The molecule has 5 aliphatic heterocycles. The normalized spacial score (nSPS) is 41.3. The van der Waals surface area contributed by atoms with E-state index in [1.54, 1.807) is 0 Å². The summed E-state index contributed by atoms with van der Waals surface area (Å²) in [6, 6.07) is 0.369. The van der Waals surface area contributed by atoms with Crippen LogP contribution in [0.25, 0.3) is 0 Å².